The fourth-order valence-corrected chi connectivity index (χ4v) is 3.62. The Labute approximate surface area is 101 Å². The maximum absolute atomic E-state index is 6.39. The van der Waals surface area contributed by atoms with E-state index in [9.17, 15) is 0 Å². The van der Waals surface area contributed by atoms with Crippen LogP contribution in [-0.4, -0.2) is 30.1 Å². The molecule has 0 aromatic heterocycles. The van der Waals surface area contributed by atoms with Gasteiger partial charge in [0.15, 0.2) is 0 Å². The SMILES string of the molecule is CCN(CC1CC1)C1C(C)CC(C)CC1N. The number of nitrogens with zero attached hydrogens (tertiary/aromatic N) is 1. The third-order valence-electron chi connectivity index (χ3n) is 4.49. The lowest BCUT2D eigenvalue weighted by atomic mass is 9.76. The molecule has 2 aliphatic rings. The van der Waals surface area contributed by atoms with Crippen molar-refractivity contribution in [3.05, 3.63) is 0 Å². The summed E-state index contributed by atoms with van der Waals surface area (Å²) in [6.07, 6.45) is 5.47. The van der Waals surface area contributed by atoms with Crippen LogP contribution in [0.1, 0.15) is 46.5 Å². The Morgan fingerprint density at radius 3 is 2.38 bits per heavy atom. The highest BCUT2D eigenvalue weighted by Crippen LogP contribution is 2.35. The van der Waals surface area contributed by atoms with Crippen LogP contribution >= 0.6 is 0 Å². The fourth-order valence-electron chi connectivity index (χ4n) is 3.62. The van der Waals surface area contributed by atoms with Crippen molar-refractivity contribution in [1.82, 2.24) is 4.90 Å². The predicted octanol–water partition coefficient (Wildman–Crippen LogP) is 2.48. The summed E-state index contributed by atoms with van der Waals surface area (Å²) in [5.41, 5.74) is 6.39. The Hall–Kier alpha value is -0.0800. The zero-order valence-electron chi connectivity index (χ0n) is 11.2. The normalized spacial score (nSPS) is 40.3. The van der Waals surface area contributed by atoms with Gasteiger partial charge in [0.2, 0.25) is 0 Å². The van der Waals surface area contributed by atoms with E-state index in [0.717, 1.165) is 17.8 Å². The molecule has 94 valence electrons. The van der Waals surface area contributed by atoms with Gasteiger partial charge in [-0.3, -0.25) is 4.90 Å². The van der Waals surface area contributed by atoms with E-state index in [2.05, 4.69) is 25.7 Å². The Balaban J connectivity index is 1.97. The van der Waals surface area contributed by atoms with Crippen LogP contribution in [0, 0.1) is 17.8 Å². The van der Waals surface area contributed by atoms with E-state index in [0.29, 0.717) is 12.1 Å². The first-order chi connectivity index (χ1) is 7.61. The molecule has 16 heavy (non-hydrogen) atoms. The van der Waals surface area contributed by atoms with Gasteiger partial charge in [-0.25, -0.2) is 0 Å². The molecule has 2 saturated carbocycles. The third-order valence-corrected chi connectivity index (χ3v) is 4.49. The minimum absolute atomic E-state index is 0.400. The molecule has 0 saturated heterocycles. The van der Waals surface area contributed by atoms with Gasteiger partial charge in [-0.05, 0) is 50.0 Å². The summed E-state index contributed by atoms with van der Waals surface area (Å²) in [6, 6.07) is 1.04. The molecule has 0 radical (unpaired) electrons. The van der Waals surface area contributed by atoms with Gasteiger partial charge in [0, 0.05) is 18.6 Å². The van der Waals surface area contributed by atoms with Gasteiger partial charge >= 0.3 is 0 Å². The Morgan fingerprint density at radius 2 is 1.88 bits per heavy atom. The lowest BCUT2D eigenvalue weighted by molar-refractivity contribution is 0.0757. The first-order valence-corrected chi connectivity index (χ1v) is 7.11. The molecule has 2 heteroatoms. The molecule has 0 amide bonds. The van der Waals surface area contributed by atoms with Crippen molar-refractivity contribution in [3.63, 3.8) is 0 Å². The van der Waals surface area contributed by atoms with Crippen LogP contribution in [0.4, 0.5) is 0 Å². The minimum Gasteiger partial charge on any atom is -0.326 e. The van der Waals surface area contributed by atoms with E-state index < -0.39 is 0 Å². The summed E-state index contributed by atoms with van der Waals surface area (Å²) in [5, 5.41) is 0. The smallest absolute Gasteiger partial charge is 0.0272 e. The highest BCUT2D eigenvalue weighted by Gasteiger charge is 2.37. The zero-order chi connectivity index (χ0) is 11.7. The molecule has 4 unspecified atom stereocenters. The highest BCUT2D eigenvalue weighted by atomic mass is 15.2. The number of nitrogens with two attached hydrogens (primary N) is 1. The standard InChI is InChI=1S/C14H28N2/c1-4-16(9-12-5-6-12)14-11(3)7-10(2)8-13(14)15/h10-14H,4-9,15H2,1-3H3. The van der Waals surface area contributed by atoms with Gasteiger partial charge in [0.05, 0.1) is 0 Å². The van der Waals surface area contributed by atoms with E-state index in [1.807, 2.05) is 0 Å². The maximum Gasteiger partial charge on any atom is 0.0272 e. The minimum atomic E-state index is 0.400. The molecule has 2 nitrogen and oxygen atoms in total. The molecule has 0 aromatic carbocycles. The van der Waals surface area contributed by atoms with Crippen LogP contribution in [0.25, 0.3) is 0 Å². The van der Waals surface area contributed by atoms with E-state index in [4.69, 9.17) is 5.73 Å². The Kier molecular flexibility index (Phi) is 3.91. The summed E-state index contributed by atoms with van der Waals surface area (Å²) in [5.74, 6) is 2.58. The average Bonchev–Trinajstić information content (AvgIpc) is 2.98. The quantitative estimate of drug-likeness (QED) is 0.795. The Morgan fingerprint density at radius 1 is 1.19 bits per heavy atom. The first kappa shape index (κ1) is 12.4. The molecule has 0 bridgehead atoms. The van der Waals surface area contributed by atoms with Crippen LogP contribution in [0.2, 0.25) is 0 Å². The molecule has 4 atom stereocenters. The summed E-state index contributed by atoms with van der Waals surface area (Å²) < 4.78 is 0. The van der Waals surface area contributed by atoms with Crippen molar-refractivity contribution in [2.75, 3.05) is 13.1 Å². The maximum atomic E-state index is 6.39. The predicted molar refractivity (Wildman–Crippen MR) is 69.3 cm³/mol. The molecule has 0 aliphatic heterocycles. The van der Waals surface area contributed by atoms with E-state index in [1.165, 1.54) is 38.8 Å². The van der Waals surface area contributed by atoms with Crippen LogP contribution < -0.4 is 5.73 Å². The molecule has 2 N–H and O–H groups in total. The zero-order valence-corrected chi connectivity index (χ0v) is 11.2. The van der Waals surface area contributed by atoms with Crippen molar-refractivity contribution in [2.45, 2.75) is 58.5 Å². The van der Waals surface area contributed by atoms with Crippen LogP contribution in [0.5, 0.6) is 0 Å². The van der Waals surface area contributed by atoms with Crippen molar-refractivity contribution in [2.24, 2.45) is 23.5 Å². The highest BCUT2D eigenvalue weighted by molar-refractivity contribution is 4.93. The monoisotopic (exact) mass is 224 g/mol. The van der Waals surface area contributed by atoms with Gasteiger partial charge in [0.1, 0.15) is 0 Å². The van der Waals surface area contributed by atoms with Crippen molar-refractivity contribution < 1.29 is 0 Å². The van der Waals surface area contributed by atoms with Crippen molar-refractivity contribution in [1.29, 1.82) is 0 Å². The number of hydrogen-bond donors (Lipinski definition) is 1. The summed E-state index contributed by atoms with van der Waals surface area (Å²) in [6.45, 7) is 9.51. The van der Waals surface area contributed by atoms with Crippen LogP contribution in [0.3, 0.4) is 0 Å². The van der Waals surface area contributed by atoms with E-state index in [1.54, 1.807) is 0 Å². The molecule has 2 rings (SSSR count). The first-order valence-electron chi connectivity index (χ1n) is 7.11. The molecule has 2 aliphatic carbocycles. The summed E-state index contributed by atoms with van der Waals surface area (Å²) >= 11 is 0. The van der Waals surface area contributed by atoms with Gasteiger partial charge in [-0.2, -0.15) is 0 Å². The molecule has 0 spiro atoms. The topological polar surface area (TPSA) is 29.3 Å². The van der Waals surface area contributed by atoms with Crippen LogP contribution in [0.15, 0.2) is 0 Å². The van der Waals surface area contributed by atoms with Gasteiger partial charge in [0.25, 0.3) is 0 Å². The molecular formula is C14H28N2. The Bertz CT molecular complexity index is 213. The lowest BCUT2D eigenvalue weighted by Gasteiger charge is -2.44. The summed E-state index contributed by atoms with van der Waals surface area (Å²) in [7, 11) is 0. The van der Waals surface area contributed by atoms with E-state index >= 15 is 0 Å². The second kappa shape index (κ2) is 5.05. The average molecular weight is 224 g/mol. The molecule has 0 aromatic rings. The van der Waals surface area contributed by atoms with E-state index in [-0.39, 0.29) is 0 Å². The second-order valence-corrected chi connectivity index (χ2v) is 6.24. The second-order valence-electron chi connectivity index (χ2n) is 6.24. The number of rotatable bonds is 4. The molecule has 2 fully saturated rings. The molecule has 0 heterocycles. The third kappa shape index (κ3) is 2.78. The fraction of sp³-hybridized carbons (Fsp3) is 1.00. The molecular weight excluding hydrogens is 196 g/mol. The lowest BCUT2D eigenvalue weighted by Crippen LogP contribution is -2.55. The van der Waals surface area contributed by atoms with Gasteiger partial charge < -0.3 is 5.73 Å². The van der Waals surface area contributed by atoms with Crippen LogP contribution in [-0.2, 0) is 0 Å². The number of hydrogen-bond acceptors (Lipinski definition) is 2. The summed E-state index contributed by atoms with van der Waals surface area (Å²) in [4.78, 5) is 2.67. The van der Waals surface area contributed by atoms with Crippen molar-refractivity contribution >= 4 is 0 Å². The van der Waals surface area contributed by atoms with Gasteiger partial charge in [-0.15, -0.1) is 0 Å². The largest absolute Gasteiger partial charge is 0.326 e. The van der Waals surface area contributed by atoms with Gasteiger partial charge in [-0.1, -0.05) is 20.8 Å². The van der Waals surface area contributed by atoms with Crippen molar-refractivity contribution in [3.8, 4) is 0 Å². The number of likely N-dealkylation sites (N-methyl/N-ethyl adjacent to an activating group) is 1.